The Balaban J connectivity index is 1.82. The van der Waals surface area contributed by atoms with Crippen molar-refractivity contribution in [3.63, 3.8) is 0 Å². The maximum Gasteiger partial charge on any atom is 0.0619 e. The molecule has 162 valence electrons. The predicted octanol–water partition coefficient (Wildman–Crippen LogP) is 8.79. The van der Waals surface area contributed by atoms with Gasteiger partial charge in [0.25, 0.3) is 0 Å². The number of nitrogens with zero attached hydrogens (tertiary/aromatic N) is 2. The fourth-order valence-electron chi connectivity index (χ4n) is 6.83. The van der Waals surface area contributed by atoms with Gasteiger partial charge in [0.05, 0.1) is 27.6 Å². The number of fused-ring (bicyclic) bond motifs is 9. The molecule has 9 rings (SSSR count). The van der Waals surface area contributed by atoms with Crippen LogP contribution in [0, 0.1) is 0 Å². The molecule has 3 heterocycles. The smallest absolute Gasteiger partial charge is 0.0619 e. The standard InChI is InChI=1S/C33H20N2/c1-34-32-21-11-4-2-9-19(21)17-26-25-15-8-14-24-23-13-6-7-16-27(23)35(31(24)25)28-18-20-10-3-5-12-22(20)33(34)30(28)29(26)32/h2-18H,1H3. The van der Waals surface area contributed by atoms with Gasteiger partial charge in [0.1, 0.15) is 0 Å². The van der Waals surface area contributed by atoms with Gasteiger partial charge in [-0.25, -0.2) is 0 Å². The molecule has 0 N–H and O–H groups in total. The molecule has 0 saturated carbocycles. The zero-order valence-electron chi connectivity index (χ0n) is 19.2. The van der Waals surface area contributed by atoms with E-state index in [2.05, 4.69) is 119 Å². The summed E-state index contributed by atoms with van der Waals surface area (Å²) in [6.45, 7) is 0. The minimum Gasteiger partial charge on any atom is -0.343 e. The summed E-state index contributed by atoms with van der Waals surface area (Å²) in [5, 5.41) is 13.1. The quantitative estimate of drug-likeness (QED) is 0.221. The molecule has 0 unspecified atom stereocenters. The fourth-order valence-corrected chi connectivity index (χ4v) is 6.83. The van der Waals surface area contributed by atoms with E-state index in [9.17, 15) is 0 Å². The average Bonchev–Trinajstić information content (AvgIpc) is 3.37. The van der Waals surface area contributed by atoms with Gasteiger partial charge in [-0.3, -0.25) is 0 Å². The summed E-state index contributed by atoms with van der Waals surface area (Å²) in [5.41, 5.74) is 6.47. The highest BCUT2D eigenvalue weighted by molar-refractivity contribution is 6.37. The van der Waals surface area contributed by atoms with Crippen molar-refractivity contribution < 1.29 is 0 Å². The van der Waals surface area contributed by atoms with E-state index in [-0.39, 0.29) is 0 Å². The van der Waals surface area contributed by atoms with Gasteiger partial charge in [0.2, 0.25) is 0 Å². The molecule has 2 nitrogen and oxygen atoms in total. The van der Waals surface area contributed by atoms with Crippen LogP contribution >= 0.6 is 0 Å². The maximum absolute atomic E-state index is 2.53. The van der Waals surface area contributed by atoms with E-state index in [1.165, 1.54) is 81.4 Å². The van der Waals surface area contributed by atoms with Gasteiger partial charge in [0, 0.05) is 44.8 Å². The molecule has 0 aliphatic carbocycles. The van der Waals surface area contributed by atoms with Crippen LogP contribution in [0.25, 0.3) is 81.4 Å². The van der Waals surface area contributed by atoms with E-state index in [1.807, 2.05) is 0 Å². The summed E-state index contributed by atoms with van der Waals surface area (Å²) in [4.78, 5) is 0. The summed E-state index contributed by atoms with van der Waals surface area (Å²) in [6, 6.07) is 38.2. The van der Waals surface area contributed by atoms with Crippen LogP contribution in [0.4, 0.5) is 0 Å². The first-order chi connectivity index (χ1) is 17.3. The highest BCUT2D eigenvalue weighted by Gasteiger charge is 2.23. The number of aryl methyl sites for hydroxylation is 1. The fraction of sp³-hybridized carbons (Fsp3) is 0.0303. The van der Waals surface area contributed by atoms with Crippen LogP contribution in [0.15, 0.2) is 103 Å². The Bertz CT molecular complexity index is 2330. The van der Waals surface area contributed by atoms with Crippen molar-refractivity contribution in [1.82, 2.24) is 8.97 Å². The van der Waals surface area contributed by atoms with Crippen molar-refractivity contribution in [3.05, 3.63) is 103 Å². The number of hydrogen-bond acceptors (Lipinski definition) is 0. The lowest BCUT2D eigenvalue weighted by Crippen LogP contribution is -1.91. The minimum absolute atomic E-state index is 1.26. The molecule has 3 aromatic heterocycles. The Hall–Kier alpha value is -4.56. The van der Waals surface area contributed by atoms with Gasteiger partial charge in [0.15, 0.2) is 0 Å². The Morgan fingerprint density at radius 3 is 1.77 bits per heavy atom. The van der Waals surface area contributed by atoms with E-state index < -0.39 is 0 Å². The van der Waals surface area contributed by atoms with Crippen LogP contribution in [-0.2, 0) is 7.05 Å². The Labute approximate surface area is 200 Å². The molecule has 35 heavy (non-hydrogen) atoms. The zero-order chi connectivity index (χ0) is 22.8. The molecule has 0 atom stereocenters. The van der Waals surface area contributed by atoms with Crippen LogP contribution in [0.5, 0.6) is 0 Å². The molecule has 0 spiro atoms. The Morgan fingerprint density at radius 1 is 0.429 bits per heavy atom. The van der Waals surface area contributed by atoms with Gasteiger partial charge in [-0.1, -0.05) is 84.9 Å². The molecule has 0 bridgehead atoms. The summed E-state index contributed by atoms with van der Waals surface area (Å²) in [5.74, 6) is 0. The molecular weight excluding hydrogens is 424 g/mol. The second-order valence-corrected chi connectivity index (χ2v) is 9.82. The predicted molar refractivity (Wildman–Crippen MR) is 150 cm³/mol. The van der Waals surface area contributed by atoms with Crippen molar-refractivity contribution in [2.45, 2.75) is 0 Å². The molecular formula is C33H20N2. The molecule has 0 aliphatic rings. The van der Waals surface area contributed by atoms with E-state index in [0.29, 0.717) is 0 Å². The number of hydrogen-bond donors (Lipinski definition) is 0. The first-order valence-corrected chi connectivity index (χ1v) is 12.2. The third kappa shape index (κ3) is 1.96. The largest absolute Gasteiger partial charge is 0.343 e. The first-order valence-electron chi connectivity index (χ1n) is 12.2. The van der Waals surface area contributed by atoms with E-state index in [4.69, 9.17) is 0 Å². The van der Waals surface area contributed by atoms with E-state index in [1.54, 1.807) is 0 Å². The molecule has 0 saturated heterocycles. The number of benzene rings is 6. The maximum atomic E-state index is 2.53. The summed E-state index contributed by atoms with van der Waals surface area (Å²) >= 11 is 0. The van der Waals surface area contributed by atoms with E-state index >= 15 is 0 Å². The highest BCUT2D eigenvalue weighted by Crippen LogP contribution is 2.46. The summed E-state index contributed by atoms with van der Waals surface area (Å²) in [6.07, 6.45) is 0. The van der Waals surface area contributed by atoms with Gasteiger partial charge >= 0.3 is 0 Å². The van der Waals surface area contributed by atoms with Crippen molar-refractivity contribution in [2.24, 2.45) is 7.05 Å². The number of aromatic nitrogens is 2. The SMILES string of the molecule is Cn1c2c3ccccc3cc3c4cccc5c6ccccc6n(c6cc7ccccc7c1c6c32)c45. The third-order valence-corrected chi connectivity index (χ3v) is 8.17. The molecule has 0 radical (unpaired) electrons. The van der Waals surface area contributed by atoms with Crippen molar-refractivity contribution in [3.8, 4) is 0 Å². The van der Waals surface area contributed by atoms with Crippen molar-refractivity contribution in [1.29, 1.82) is 0 Å². The lowest BCUT2D eigenvalue weighted by atomic mass is 9.98. The monoisotopic (exact) mass is 444 g/mol. The highest BCUT2D eigenvalue weighted by atomic mass is 15.0. The first kappa shape index (κ1) is 17.9. The van der Waals surface area contributed by atoms with Crippen LogP contribution in [0.3, 0.4) is 0 Å². The zero-order valence-corrected chi connectivity index (χ0v) is 19.2. The van der Waals surface area contributed by atoms with Crippen LogP contribution in [-0.4, -0.2) is 8.97 Å². The molecule has 0 aliphatic heterocycles. The Morgan fingerprint density at radius 2 is 1.00 bits per heavy atom. The molecule has 0 fully saturated rings. The lowest BCUT2D eigenvalue weighted by Gasteiger charge is -2.08. The van der Waals surface area contributed by atoms with Gasteiger partial charge in [-0.2, -0.15) is 0 Å². The second-order valence-electron chi connectivity index (χ2n) is 9.82. The lowest BCUT2D eigenvalue weighted by molar-refractivity contribution is 1.02. The Kier molecular flexibility index (Phi) is 3.02. The van der Waals surface area contributed by atoms with Crippen LogP contribution in [0.2, 0.25) is 0 Å². The van der Waals surface area contributed by atoms with Gasteiger partial charge in [-0.05, 0) is 34.4 Å². The summed E-state index contributed by atoms with van der Waals surface area (Å²) in [7, 11) is 2.24. The van der Waals surface area contributed by atoms with Crippen LogP contribution < -0.4 is 0 Å². The van der Waals surface area contributed by atoms with Gasteiger partial charge in [-0.15, -0.1) is 0 Å². The van der Waals surface area contributed by atoms with Crippen molar-refractivity contribution >= 4 is 81.4 Å². The average molecular weight is 445 g/mol. The molecule has 6 aromatic carbocycles. The van der Waals surface area contributed by atoms with Crippen LogP contribution in [0.1, 0.15) is 0 Å². The molecule has 9 aromatic rings. The second kappa shape index (κ2) is 5.92. The third-order valence-electron chi connectivity index (χ3n) is 8.17. The molecule has 0 amide bonds. The minimum atomic E-state index is 1.26. The number of rotatable bonds is 0. The molecule has 2 heteroatoms. The van der Waals surface area contributed by atoms with E-state index in [0.717, 1.165) is 0 Å². The number of para-hydroxylation sites is 2. The van der Waals surface area contributed by atoms with Gasteiger partial charge < -0.3 is 8.97 Å². The topological polar surface area (TPSA) is 9.34 Å². The van der Waals surface area contributed by atoms with Crippen molar-refractivity contribution in [2.75, 3.05) is 0 Å². The summed E-state index contributed by atoms with van der Waals surface area (Å²) < 4.78 is 4.97. The normalized spacial score (nSPS) is 12.7.